The summed E-state index contributed by atoms with van der Waals surface area (Å²) in [6.07, 6.45) is 2.88. The lowest BCUT2D eigenvalue weighted by Crippen LogP contribution is -2.41. The Bertz CT molecular complexity index is 342. The predicted octanol–water partition coefficient (Wildman–Crippen LogP) is -0.187. The summed E-state index contributed by atoms with van der Waals surface area (Å²) in [6.45, 7) is 2.14. The van der Waals surface area contributed by atoms with Gasteiger partial charge in [0, 0.05) is 19.4 Å². The maximum Gasteiger partial charge on any atom is 0.326 e. The number of amides is 1. The number of aliphatic hydroxyl groups excluding tert-OH is 1. The van der Waals surface area contributed by atoms with E-state index < -0.39 is 18.1 Å². The van der Waals surface area contributed by atoms with Crippen LogP contribution in [0.4, 0.5) is 0 Å². The lowest BCUT2D eigenvalue weighted by Gasteiger charge is -2.25. The van der Waals surface area contributed by atoms with Gasteiger partial charge in [0.15, 0.2) is 0 Å². The van der Waals surface area contributed by atoms with Crippen LogP contribution in [0.2, 0.25) is 0 Å². The van der Waals surface area contributed by atoms with Gasteiger partial charge in [-0.3, -0.25) is 4.79 Å². The van der Waals surface area contributed by atoms with Gasteiger partial charge in [-0.1, -0.05) is 0 Å². The number of carbonyl (C=O) groups is 2. The van der Waals surface area contributed by atoms with Crippen LogP contribution in [0.15, 0.2) is 0 Å². The van der Waals surface area contributed by atoms with Gasteiger partial charge in [-0.25, -0.2) is 4.79 Å². The van der Waals surface area contributed by atoms with Crippen molar-refractivity contribution >= 4 is 11.9 Å². The van der Waals surface area contributed by atoms with E-state index in [1.165, 1.54) is 4.90 Å². The molecule has 3 atom stereocenters. The third kappa shape index (κ3) is 3.67. The van der Waals surface area contributed by atoms with E-state index in [1.54, 1.807) is 0 Å². The SMILES string of the molecule is O=C(O)C1CC(O)CN1C(=O)CCC1CCCNC1. The largest absolute Gasteiger partial charge is 0.480 e. The van der Waals surface area contributed by atoms with E-state index in [4.69, 9.17) is 5.11 Å². The molecule has 3 N–H and O–H groups in total. The summed E-state index contributed by atoms with van der Waals surface area (Å²) in [7, 11) is 0. The molecule has 2 saturated heterocycles. The molecule has 19 heavy (non-hydrogen) atoms. The Morgan fingerprint density at radius 2 is 2.16 bits per heavy atom. The quantitative estimate of drug-likeness (QED) is 0.659. The van der Waals surface area contributed by atoms with Crippen molar-refractivity contribution in [3.05, 3.63) is 0 Å². The van der Waals surface area contributed by atoms with Gasteiger partial charge in [0.2, 0.25) is 5.91 Å². The predicted molar refractivity (Wildman–Crippen MR) is 68.6 cm³/mol. The first-order valence-electron chi connectivity index (χ1n) is 6.99. The summed E-state index contributed by atoms with van der Waals surface area (Å²) < 4.78 is 0. The molecule has 2 rings (SSSR count). The molecule has 2 heterocycles. The van der Waals surface area contributed by atoms with E-state index in [1.807, 2.05) is 0 Å². The Kier molecular flexibility index (Phi) is 4.76. The molecular formula is C13H22N2O4. The summed E-state index contributed by atoms with van der Waals surface area (Å²) in [4.78, 5) is 24.5. The Morgan fingerprint density at radius 1 is 1.37 bits per heavy atom. The van der Waals surface area contributed by atoms with E-state index in [0.29, 0.717) is 12.3 Å². The van der Waals surface area contributed by atoms with E-state index in [2.05, 4.69) is 5.32 Å². The minimum atomic E-state index is -1.02. The van der Waals surface area contributed by atoms with E-state index in [9.17, 15) is 14.7 Å². The molecule has 2 aliphatic rings. The molecule has 0 radical (unpaired) electrons. The summed E-state index contributed by atoms with van der Waals surface area (Å²) in [6, 6.07) is -0.855. The zero-order valence-electron chi connectivity index (χ0n) is 11.0. The lowest BCUT2D eigenvalue weighted by molar-refractivity contribution is -0.148. The first-order chi connectivity index (χ1) is 9.08. The van der Waals surface area contributed by atoms with Crippen LogP contribution in [0.5, 0.6) is 0 Å². The van der Waals surface area contributed by atoms with Crippen LogP contribution in [0.3, 0.4) is 0 Å². The monoisotopic (exact) mass is 270 g/mol. The first-order valence-corrected chi connectivity index (χ1v) is 6.99. The number of aliphatic hydroxyl groups is 1. The summed E-state index contributed by atoms with van der Waals surface area (Å²) in [5, 5.41) is 21.9. The number of nitrogens with zero attached hydrogens (tertiary/aromatic N) is 1. The summed E-state index contributed by atoms with van der Waals surface area (Å²) in [5.74, 6) is -0.660. The van der Waals surface area contributed by atoms with Crippen LogP contribution in [-0.4, -0.2) is 58.8 Å². The average Bonchev–Trinajstić information content (AvgIpc) is 2.79. The third-order valence-corrected chi connectivity index (χ3v) is 4.05. The van der Waals surface area contributed by atoms with Gasteiger partial charge < -0.3 is 20.4 Å². The zero-order valence-corrected chi connectivity index (χ0v) is 11.0. The van der Waals surface area contributed by atoms with Gasteiger partial charge in [-0.2, -0.15) is 0 Å². The minimum absolute atomic E-state index is 0.144. The third-order valence-electron chi connectivity index (χ3n) is 4.05. The van der Waals surface area contributed by atoms with Crippen molar-refractivity contribution in [3.63, 3.8) is 0 Å². The second-order valence-electron chi connectivity index (χ2n) is 5.54. The van der Waals surface area contributed by atoms with Crippen molar-refractivity contribution in [2.75, 3.05) is 19.6 Å². The molecular weight excluding hydrogens is 248 g/mol. The van der Waals surface area contributed by atoms with Crippen LogP contribution in [0, 0.1) is 5.92 Å². The zero-order chi connectivity index (χ0) is 13.8. The fourth-order valence-corrected chi connectivity index (χ4v) is 2.97. The molecule has 0 aliphatic carbocycles. The van der Waals surface area contributed by atoms with Gasteiger partial charge >= 0.3 is 5.97 Å². The highest BCUT2D eigenvalue weighted by molar-refractivity contribution is 5.84. The Balaban J connectivity index is 1.82. The number of carbonyl (C=O) groups excluding carboxylic acids is 1. The van der Waals surface area contributed by atoms with Crippen LogP contribution < -0.4 is 5.32 Å². The van der Waals surface area contributed by atoms with Crippen LogP contribution >= 0.6 is 0 Å². The molecule has 2 fully saturated rings. The number of piperidine rings is 1. The Hall–Kier alpha value is -1.14. The number of β-amino-alcohol motifs (C(OH)–C–C–N with tert-alkyl or cyclic N) is 1. The van der Waals surface area contributed by atoms with E-state index in [0.717, 1.165) is 32.4 Å². The molecule has 0 bridgehead atoms. The van der Waals surface area contributed by atoms with Gasteiger partial charge in [-0.15, -0.1) is 0 Å². The van der Waals surface area contributed by atoms with Gasteiger partial charge in [0.05, 0.1) is 6.10 Å². The second-order valence-corrected chi connectivity index (χ2v) is 5.54. The molecule has 0 spiro atoms. The number of carboxylic acids is 1. The topological polar surface area (TPSA) is 89.9 Å². The molecule has 0 aromatic rings. The number of nitrogens with one attached hydrogen (secondary N) is 1. The van der Waals surface area contributed by atoms with E-state index >= 15 is 0 Å². The highest BCUT2D eigenvalue weighted by Gasteiger charge is 2.38. The van der Waals surface area contributed by atoms with Gasteiger partial charge in [0.1, 0.15) is 6.04 Å². The number of rotatable bonds is 4. The van der Waals surface area contributed by atoms with Crippen molar-refractivity contribution in [2.45, 2.75) is 44.2 Å². The highest BCUT2D eigenvalue weighted by Crippen LogP contribution is 2.22. The fourth-order valence-electron chi connectivity index (χ4n) is 2.97. The average molecular weight is 270 g/mol. The lowest BCUT2D eigenvalue weighted by atomic mass is 9.94. The number of aliphatic carboxylic acids is 1. The van der Waals surface area contributed by atoms with Crippen molar-refractivity contribution in [3.8, 4) is 0 Å². The molecule has 108 valence electrons. The maximum absolute atomic E-state index is 12.1. The smallest absolute Gasteiger partial charge is 0.326 e. The number of likely N-dealkylation sites (tertiary alicyclic amines) is 1. The number of carboxylic acid groups (broad SMARTS) is 1. The fraction of sp³-hybridized carbons (Fsp3) is 0.846. The van der Waals surface area contributed by atoms with Crippen molar-refractivity contribution in [2.24, 2.45) is 5.92 Å². The standard InChI is InChI=1S/C13H22N2O4/c16-10-6-11(13(18)19)15(8-10)12(17)4-3-9-2-1-5-14-7-9/h9-11,14,16H,1-8H2,(H,18,19). The highest BCUT2D eigenvalue weighted by atomic mass is 16.4. The van der Waals surface area contributed by atoms with Gasteiger partial charge in [-0.05, 0) is 38.3 Å². The summed E-state index contributed by atoms with van der Waals surface area (Å²) in [5.41, 5.74) is 0. The van der Waals surface area contributed by atoms with Crippen LogP contribution in [-0.2, 0) is 9.59 Å². The normalized spacial score (nSPS) is 31.4. The molecule has 2 aliphatic heterocycles. The van der Waals surface area contributed by atoms with Crippen molar-refractivity contribution in [1.82, 2.24) is 10.2 Å². The molecule has 1 amide bonds. The van der Waals surface area contributed by atoms with Crippen molar-refractivity contribution in [1.29, 1.82) is 0 Å². The Morgan fingerprint density at radius 3 is 2.79 bits per heavy atom. The Labute approximate surface area is 112 Å². The second kappa shape index (κ2) is 6.34. The molecule has 3 unspecified atom stereocenters. The number of hydrogen-bond acceptors (Lipinski definition) is 4. The van der Waals surface area contributed by atoms with E-state index in [-0.39, 0.29) is 18.9 Å². The maximum atomic E-state index is 12.1. The number of hydrogen-bond donors (Lipinski definition) is 3. The van der Waals surface area contributed by atoms with Crippen LogP contribution in [0.25, 0.3) is 0 Å². The van der Waals surface area contributed by atoms with Crippen LogP contribution in [0.1, 0.15) is 32.1 Å². The molecule has 6 nitrogen and oxygen atoms in total. The summed E-state index contributed by atoms with van der Waals surface area (Å²) >= 11 is 0. The minimum Gasteiger partial charge on any atom is -0.480 e. The first kappa shape index (κ1) is 14.3. The molecule has 0 saturated carbocycles. The molecule has 0 aromatic heterocycles. The van der Waals surface area contributed by atoms with Gasteiger partial charge in [0.25, 0.3) is 0 Å². The van der Waals surface area contributed by atoms with Crippen molar-refractivity contribution < 1.29 is 19.8 Å². The molecule has 0 aromatic carbocycles. The molecule has 6 heteroatoms.